The van der Waals surface area contributed by atoms with Crippen LogP contribution in [0, 0.1) is 17.3 Å². The molecular formula is C13H25N. The molecule has 0 heterocycles. The highest BCUT2D eigenvalue weighted by Gasteiger charge is 2.59. The molecule has 0 radical (unpaired) electrons. The summed E-state index contributed by atoms with van der Waals surface area (Å²) in [5.74, 6) is 2.07. The minimum Gasteiger partial charge on any atom is -0.314 e. The van der Waals surface area contributed by atoms with Crippen molar-refractivity contribution in [2.45, 2.75) is 58.9 Å². The number of nitrogens with one attached hydrogen (secondary N) is 1. The minimum atomic E-state index is 0.661. The summed E-state index contributed by atoms with van der Waals surface area (Å²) in [6.45, 7) is 8.15. The minimum absolute atomic E-state index is 0.661. The van der Waals surface area contributed by atoms with Gasteiger partial charge in [-0.1, -0.05) is 33.6 Å². The predicted octanol–water partition coefficient (Wildman–Crippen LogP) is 3.20. The van der Waals surface area contributed by atoms with Crippen molar-refractivity contribution in [2.75, 3.05) is 6.54 Å². The molecule has 82 valence electrons. The summed E-state index contributed by atoms with van der Waals surface area (Å²) in [4.78, 5) is 0. The molecule has 0 saturated heterocycles. The number of rotatable bonds is 4. The van der Waals surface area contributed by atoms with Crippen LogP contribution < -0.4 is 5.32 Å². The third-order valence-electron chi connectivity index (χ3n) is 4.55. The van der Waals surface area contributed by atoms with E-state index in [2.05, 4.69) is 26.1 Å². The standard InChI is InChI=1S/C13H25N/c1-4-11-6-5-7-13(11)8-12(13)9-14-10(2)3/h10-12,14H,4-9H2,1-3H3. The first-order valence-electron chi connectivity index (χ1n) is 6.42. The van der Waals surface area contributed by atoms with Gasteiger partial charge in [-0.2, -0.15) is 0 Å². The van der Waals surface area contributed by atoms with E-state index < -0.39 is 0 Å². The second-order valence-electron chi connectivity index (χ2n) is 5.69. The Balaban J connectivity index is 1.83. The van der Waals surface area contributed by atoms with Crippen molar-refractivity contribution in [3.05, 3.63) is 0 Å². The average Bonchev–Trinajstić information content (AvgIpc) is 2.66. The summed E-state index contributed by atoms with van der Waals surface area (Å²) in [6.07, 6.45) is 7.46. The Labute approximate surface area is 88.7 Å². The summed E-state index contributed by atoms with van der Waals surface area (Å²) in [5, 5.41) is 3.60. The van der Waals surface area contributed by atoms with Crippen LogP contribution >= 0.6 is 0 Å². The fraction of sp³-hybridized carbons (Fsp3) is 1.00. The van der Waals surface area contributed by atoms with E-state index in [-0.39, 0.29) is 0 Å². The van der Waals surface area contributed by atoms with Gasteiger partial charge in [0.25, 0.3) is 0 Å². The summed E-state index contributed by atoms with van der Waals surface area (Å²) >= 11 is 0. The molecule has 1 heteroatoms. The van der Waals surface area contributed by atoms with Crippen molar-refractivity contribution in [1.29, 1.82) is 0 Å². The van der Waals surface area contributed by atoms with E-state index in [0.29, 0.717) is 6.04 Å². The molecule has 2 rings (SSSR count). The van der Waals surface area contributed by atoms with Crippen molar-refractivity contribution >= 4 is 0 Å². The fourth-order valence-corrected chi connectivity index (χ4v) is 3.64. The first-order valence-corrected chi connectivity index (χ1v) is 6.42. The third kappa shape index (κ3) is 1.71. The van der Waals surface area contributed by atoms with Crippen LogP contribution in [0.4, 0.5) is 0 Å². The predicted molar refractivity (Wildman–Crippen MR) is 61.3 cm³/mol. The molecule has 3 unspecified atom stereocenters. The molecule has 0 aromatic rings. The quantitative estimate of drug-likeness (QED) is 0.726. The maximum Gasteiger partial charge on any atom is 0.00104 e. The Kier molecular flexibility index (Phi) is 2.88. The van der Waals surface area contributed by atoms with E-state index in [4.69, 9.17) is 0 Å². The fourth-order valence-electron chi connectivity index (χ4n) is 3.64. The normalized spacial score (nSPS) is 41.1. The highest BCUT2D eigenvalue weighted by molar-refractivity contribution is 5.09. The molecule has 1 spiro atoms. The van der Waals surface area contributed by atoms with Crippen LogP contribution in [0.15, 0.2) is 0 Å². The van der Waals surface area contributed by atoms with Crippen LogP contribution in [0.2, 0.25) is 0 Å². The van der Waals surface area contributed by atoms with Crippen LogP contribution in [-0.4, -0.2) is 12.6 Å². The van der Waals surface area contributed by atoms with Gasteiger partial charge in [-0.05, 0) is 43.1 Å². The smallest absolute Gasteiger partial charge is 0.00104 e. The van der Waals surface area contributed by atoms with Crippen LogP contribution in [0.3, 0.4) is 0 Å². The van der Waals surface area contributed by atoms with Crippen molar-refractivity contribution in [1.82, 2.24) is 5.32 Å². The van der Waals surface area contributed by atoms with E-state index >= 15 is 0 Å². The highest BCUT2D eigenvalue weighted by Crippen LogP contribution is 2.66. The van der Waals surface area contributed by atoms with E-state index in [0.717, 1.165) is 17.3 Å². The summed E-state index contributed by atoms with van der Waals surface area (Å²) in [7, 11) is 0. The molecule has 0 amide bonds. The van der Waals surface area contributed by atoms with Crippen LogP contribution in [0.1, 0.15) is 52.9 Å². The highest BCUT2D eigenvalue weighted by atomic mass is 14.9. The lowest BCUT2D eigenvalue weighted by Crippen LogP contribution is -2.27. The molecule has 0 aromatic carbocycles. The first-order chi connectivity index (χ1) is 6.69. The molecule has 2 saturated carbocycles. The lowest BCUT2D eigenvalue weighted by atomic mass is 9.88. The lowest BCUT2D eigenvalue weighted by molar-refractivity contribution is 0.315. The second kappa shape index (κ2) is 3.84. The van der Waals surface area contributed by atoms with Gasteiger partial charge in [0.2, 0.25) is 0 Å². The Bertz CT molecular complexity index is 199. The molecule has 2 aliphatic rings. The number of hydrogen-bond acceptors (Lipinski definition) is 1. The van der Waals surface area contributed by atoms with Crippen molar-refractivity contribution < 1.29 is 0 Å². The number of hydrogen-bond donors (Lipinski definition) is 1. The summed E-state index contributed by atoms with van der Waals surface area (Å²) in [5.41, 5.74) is 0.802. The Morgan fingerprint density at radius 2 is 2.14 bits per heavy atom. The molecule has 1 nitrogen and oxygen atoms in total. The zero-order valence-electron chi connectivity index (χ0n) is 9.97. The zero-order valence-corrected chi connectivity index (χ0v) is 9.97. The summed E-state index contributed by atoms with van der Waals surface area (Å²) < 4.78 is 0. The first kappa shape index (κ1) is 10.5. The maximum atomic E-state index is 3.60. The van der Waals surface area contributed by atoms with E-state index in [1.54, 1.807) is 0 Å². The maximum absolute atomic E-state index is 3.60. The SMILES string of the molecule is CCC1CCCC12CC2CNC(C)C. The molecule has 0 bridgehead atoms. The van der Waals surface area contributed by atoms with Gasteiger partial charge in [-0.15, -0.1) is 0 Å². The van der Waals surface area contributed by atoms with Gasteiger partial charge in [0.1, 0.15) is 0 Å². The van der Waals surface area contributed by atoms with Gasteiger partial charge >= 0.3 is 0 Å². The largest absolute Gasteiger partial charge is 0.314 e. The third-order valence-corrected chi connectivity index (χ3v) is 4.55. The van der Waals surface area contributed by atoms with Crippen molar-refractivity contribution in [3.8, 4) is 0 Å². The van der Waals surface area contributed by atoms with E-state index in [9.17, 15) is 0 Å². The molecule has 0 aliphatic heterocycles. The second-order valence-corrected chi connectivity index (χ2v) is 5.69. The Morgan fingerprint density at radius 1 is 1.36 bits per heavy atom. The van der Waals surface area contributed by atoms with E-state index in [1.165, 1.54) is 38.6 Å². The van der Waals surface area contributed by atoms with Crippen LogP contribution in [0.5, 0.6) is 0 Å². The molecule has 0 aromatic heterocycles. The molecule has 14 heavy (non-hydrogen) atoms. The van der Waals surface area contributed by atoms with Crippen molar-refractivity contribution in [2.24, 2.45) is 17.3 Å². The van der Waals surface area contributed by atoms with Gasteiger partial charge in [-0.25, -0.2) is 0 Å². The van der Waals surface area contributed by atoms with Gasteiger partial charge in [0.05, 0.1) is 0 Å². The molecule has 2 fully saturated rings. The van der Waals surface area contributed by atoms with Crippen LogP contribution in [-0.2, 0) is 0 Å². The van der Waals surface area contributed by atoms with Gasteiger partial charge in [0, 0.05) is 6.04 Å². The lowest BCUT2D eigenvalue weighted by Gasteiger charge is -2.19. The average molecular weight is 195 g/mol. The van der Waals surface area contributed by atoms with Gasteiger partial charge < -0.3 is 5.32 Å². The molecule has 3 atom stereocenters. The van der Waals surface area contributed by atoms with Gasteiger partial charge in [-0.3, -0.25) is 0 Å². The Morgan fingerprint density at radius 3 is 2.79 bits per heavy atom. The van der Waals surface area contributed by atoms with E-state index in [1.807, 2.05) is 0 Å². The Hall–Kier alpha value is -0.0400. The zero-order chi connectivity index (χ0) is 10.2. The van der Waals surface area contributed by atoms with Crippen molar-refractivity contribution in [3.63, 3.8) is 0 Å². The summed E-state index contributed by atoms with van der Waals surface area (Å²) in [6, 6.07) is 0.661. The molecular weight excluding hydrogens is 170 g/mol. The molecule has 2 aliphatic carbocycles. The molecule has 1 N–H and O–H groups in total. The topological polar surface area (TPSA) is 12.0 Å². The monoisotopic (exact) mass is 195 g/mol. The van der Waals surface area contributed by atoms with Crippen LogP contribution in [0.25, 0.3) is 0 Å². The van der Waals surface area contributed by atoms with Gasteiger partial charge in [0.15, 0.2) is 0 Å².